The largest absolute Gasteiger partial charge is 0.494 e. The topological polar surface area (TPSA) is 84.6 Å². The van der Waals surface area contributed by atoms with Gasteiger partial charge >= 0.3 is 0 Å². The van der Waals surface area contributed by atoms with E-state index in [1.165, 1.54) is 7.11 Å². The number of nitrogens with two attached hydrogens (primary N) is 1. The number of hydrogen-bond acceptors (Lipinski definition) is 4. The van der Waals surface area contributed by atoms with Crippen molar-refractivity contribution in [2.75, 3.05) is 19.5 Å². The van der Waals surface area contributed by atoms with Crippen LogP contribution in [0.3, 0.4) is 0 Å². The molecule has 0 unspecified atom stereocenters. The third kappa shape index (κ3) is 2.88. The molecule has 20 heavy (non-hydrogen) atoms. The van der Waals surface area contributed by atoms with Gasteiger partial charge in [-0.25, -0.2) is 0 Å². The minimum Gasteiger partial charge on any atom is -0.494 e. The number of hydrogen-bond donors (Lipinski definition) is 3. The molecule has 0 atom stereocenters. The van der Waals surface area contributed by atoms with Gasteiger partial charge in [0.1, 0.15) is 0 Å². The second-order valence-corrected chi connectivity index (χ2v) is 5.38. The maximum Gasteiger partial charge on any atom is 0.255 e. The number of amides is 1. The quantitative estimate of drug-likeness (QED) is 0.732. The first kappa shape index (κ1) is 14.7. The highest BCUT2D eigenvalue weighted by atomic mass is 16.5. The van der Waals surface area contributed by atoms with Gasteiger partial charge in [-0.15, -0.1) is 0 Å². The van der Waals surface area contributed by atoms with Gasteiger partial charge < -0.3 is 20.9 Å². The van der Waals surface area contributed by atoms with Crippen LogP contribution in [0.5, 0.6) is 5.75 Å². The van der Waals surface area contributed by atoms with E-state index >= 15 is 0 Å². The van der Waals surface area contributed by atoms with E-state index in [2.05, 4.69) is 5.32 Å². The molecule has 1 aliphatic rings. The Morgan fingerprint density at radius 3 is 2.70 bits per heavy atom. The maximum atomic E-state index is 12.5. The van der Waals surface area contributed by atoms with Crippen molar-refractivity contribution < 1.29 is 14.6 Å². The Kier molecular flexibility index (Phi) is 4.49. The summed E-state index contributed by atoms with van der Waals surface area (Å²) in [5.74, 6) is 0.138. The average Bonchev–Trinajstić information content (AvgIpc) is 2.47. The van der Waals surface area contributed by atoms with Gasteiger partial charge in [-0.3, -0.25) is 4.79 Å². The molecule has 1 aromatic carbocycles. The molecule has 110 valence electrons. The lowest BCUT2D eigenvalue weighted by atomic mass is 9.82. The molecule has 5 heteroatoms. The molecule has 0 aromatic heterocycles. The van der Waals surface area contributed by atoms with Crippen LogP contribution >= 0.6 is 0 Å². The number of aliphatic hydroxyl groups is 1. The number of anilines is 1. The van der Waals surface area contributed by atoms with Crippen molar-refractivity contribution >= 4 is 11.6 Å². The summed E-state index contributed by atoms with van der Waals surface area (Å²) in [6.45, 7) is -0.0383. The molecular weight excluding hydrogens is 256 g/mol. The number of rotatable bonds is 4. The third-order valence-electron chi connectivity index (χ3n) is 3.99. The van der Waals surface area contributed by atoms with Crippen LogP contribution in [0, 0.1) is 0 Å². The number of carbonyl (C=O) groups is 1. The van der Waals surface area contributed by atoms with Crippen LogP contribution in [0.15, 0.2) is 18.2 Å². The molecule has 1 aromatic rings. The minimum atomic E-state index is -0.509. The number of benzene rings is 1. The Labute approximate surface area is 119 Å². The second-order valence-electron chi connectivity index (χ2n) is 5.38. The van der Waals surface area contributed by atoms with Crippen molar-refractivity contribution in [3.63, 3.8) is 0 Å². The summed E-state index contributed by atoms with van der Waals surface area (Å²) in [5.41, 5.74) is 6.15. The number of methoxy groups -OCH3 is 1. The Balaban J connectivity index is 2.21. The lowest BCUT2D eigenvalue weighted by Gasteiger charge is -2.36. The highest BCUT2D eigenvalue weighted by Gasteiger charge is 2.33. The van der Waals surface area contributed by atoms with Gasteiger partial charge in [-0.2, -0.15) is 0 Å². The lowest BCUT2D eigenvalue weighted by Crippen LogP contribution is -2.52. The fraction of sp³-hybridized carbons (Fsp3) is 0.533. The van der Waals surface area contributed by atoms with Gasteiger partial charge in [-0.1, -0.05) is 25.3 Å². The third-order valence-corrected chi connectivity index (χ3v) is 3.99. The molecule has 1 aliphatic carbocycles. The molecule has 1 amide bonds. The Bertz CT molecular complexity index is 482. The van der Waals surface area contributed by atoms with E-state index in [0.29, 0.717) is 17.0 Å². The molecule has 1 fully saturated rings. The van der Waals surface area contributed by atoms with Gasteiger partial charge in [0.2, 0.25) is 0 Å². The highest BCUT2D eigenvalue weighted by molar-refractivity contribution is 5.99. The number of nitrogen functional groups attached to an aromatic ring is 1. The zero-order valence-corrected chi connectivity index (χ0v) is 11.8. The van der Waals surface area contributed by atoms with E-state index in [-0.39, 0.29) is 12.5 Å². The molecule has 0 aliphatic heterocycles. The molecule has 2 rings (SSSR count). The summed E-state index contributed by atoms with van der Waals surface area (Å²) >= 11 is 0. The predicted octanol–water partition coefficient (Wildman–Crippen LogP) is 1.70. The summed E-state index contributed by atoms with van der Waals surface area (Å²) in [4.78, 5) is 12.5. The van der Waals surface area contributed by atoms with Gasteiger partial charge in [0.05, 0.1) is 30.5 Å². The van der Waals surface area contributed by atoms with E-state index in [4.69, 9.17) is 10.5 Å². The van der Waals surface area contributed by atoms with Crippen LogP contribution in [0.25, 0.3) is 0 Å². The molecule has 4 N–H and O–H groups in total. The normalized spacial score (nSPS) is 17.5. The van der Waals surface area contributed by atoms with Crippen molar-refractivity contribution in [2.24, 2.45) is 0 Å². The molecule has 0 heterocycles. The van der Waals surface area contributed by atoms with Crippen LogP contribution in [-0.4, -0.2) is 30.3 Å². The van der Waals surface area contributed by atoms with Gasteiger partial charge in [0.15, 0.2) is 5.75 Å². The predicted molar refractivity (Wildman–Crippen MR) is 77.8 cm³/mol. The van der Waals surface area contributed by atoms with Crippen molar-refractivity contribution in [2.45, 2.75) is 37.6 Å². The maximum absolute atomic E-state index is 12.5. The SMILES string of the molecule is COc1c(N)cccc1C(=O)NC1(CO)CCCCC1. The molecular formula is C15H22N2O3. The lowest BCUT2D eigenvalue weighted by molar-refractivity contribution is 0.0756. The number of carbonyl (C=O) groups excluding carboxylic acids is 1. The summed E-state index contributed by atoms with van der Waals surface area (Å²) in [5, 5.41) is 12.6. The molecule has 0 spiro atoms. The van der Waals surface area contributed by atoms with E-state index in [1.54, 1.807) is 18.2 Å². The van der Waals surface area contributed by atoms with Crippen molar-refractivity contribution in [3.8, 4) is 5.75 Å². The fourth-order valence-electron chi connectivity index (χ4n) is 2.82. The van der Waals surface area contributed by atoms with E-state index < -0.39 is 5.54 Å². The number of para-hydroxylation sites is 1. The smallest absolute Gasteiger partial charge is 0.255 e. The van der Waals surface area contributed by atoms with E-state index in [9.17, 15) is 9.90 Å². The highest BCUT2D eigenvalue weighted by Crippen LogP contribution is 2.30. The van der Waals surface area contributed by atoms with Gasteiger partial charge in [-0.05, 0) is 25.0 Å². The van der Waals surface area contributed by atoms with Crippen LogP contribution in [-0.2, 0) is 0 Å². The van der Waals surface area contributed by atoms with E-state index in [0.717, 1.165) is 32.1 Å². The average molecular weight is 278 g/mol. The van der Waals surface area contributed by atoms with Crippen LogP contribution in [0.2, 0.25) is 0 Å². The monoisotopic (exact) mass is 278 g/mol. The zero-order valence-electron chi connectivity index (χ0n) is 11.8. The molecule has 1 saturated carbocycles. The van der Waals surface area contributed by atoms with Crippen molar-refractivity contribution in [1.29, 1.82) is 0 Å². The fourth-order valence-corrected chi connectivity index (χ4v) is 2.82. The van der Waals surface area contributed by atoms with Crippen LogP contribution < -0.4 is 15.8 Å². The van der Waals surface area contributed by atoms with Crippen molar-refractivity contribution in [1.82, 2.24) is 5.32 Å². The Morgan fingerprint density at radius 2 is 2.10 bits per heavy atom. The summed E-state index contributed by atoms with van der Waals surface area (Å²) in [6, 6.07) is 5.09. The molecule has 5 nitrogen and oxygen atoms in total. The Hall–Kier alpha value is -1.75. The van der Waals surface area contributed by atoms with Gasteiger partial charge in [0.25, 0.3) is 5.91 Å². The molecule has 0 saturated heterocycles. The van der Waals surface area contributed by atoms with Crippen LogP contribution in [0.1, 0.15) is 42.5 Å². The summed E-state index contributed by atoms with van der Waals surface area (Å²) in [7, 11) is 1.49. The first-order valence-electron chi connectivity index (χ1n) is 6.98. The number of ether oxygens (including phenoxy) is 1. The Morgan fingerprint density at radius 1 is 1.40 bits per heavy atom. The molecule has 0 radical (unpaired) electrons. The van der Waals surface area contributed by atoms with Crippen LogP contribution in [0.4, 0.5) is 5.69 Å². The number of nitrogens with one attached hydrogen (secondary N) is 1. The van der Waals surface area contributed by atoms with Gasteiger partial charge in [0, 0.05) is 0 Å². The standard InChI is InChI=1S/C15H22N2O3/c1-20-13-11(6-5-7-12(13)16)14(19)17-15(10-18)8-3-2-4-9-15/h5-7,18H,2-4,8-10,16H2,1H3,(H,17,19). The summed E-state index contributed by atoms with van der Waals surface area (Å²) in [6.07, 6.45) is 4.81. The molecule has 0 bridgehead atoms. The van der Waals surface area contributed by atoms with E-state index in [1.807, 2.05) is 0 Å². The zero-order chi connectivity index (χ0) is 14.6. The minimum absolute atomic E-state index is 0.0383. The second kappa shape index (κ2) is 6.13. The summed E-state index contributed by atoms with van der Waals surface area (Å²) < 4.78 is 5.20. The first-order valence-corrected chi connectivity index (χ1v) is 6.98. The first-order chi connectivity index (χ1) is 9.62. The van der Waals surface area contributed by atoms with Crippen molar-refractivity contribution in [3.05, 3.63) is 23.8 Å². The number of aliphatic hydroxyl groups excluding tert-OH is 1.